The van der Waals surface area contributed by atoms with E-state index in [0.717, 1.165) is 38.2 Å². The summed E-state index contributed by atoms with van der Waals surface area (Å²) in [6.07, 6.45) is 1.95. The Morgan fingerprint density at radius 2 is 2.06 bits per heavy atom. The topological polar surface area (TPSA) is 32.7 Å². The van der Waals surface area contributed by atoms with Gasteiger partial charge in [-0.1, -0.05) is 31.5 Å². The second-order valence-corrected chi connectivity index (χ2v) is 5.30. The van der Waals surface area contributed by atoms with Gasteiger partial charge >= 0.3 is 0 Å². The average Bonchev–Trinajstić information content (AvgIpc) is 2.30. The van der Waals surface area contributed by atoms with Crippen LogP contribution in [0.15, 0.2) is 24.3 Å². The lowest BCUT2D eigenvalue weighted by Crippen LogP contribution is -2.62. The van der Waals surface area contributed by atoms with Gasteiger partial charge in [0.2, 0.25) is 0 Å². The monoisotopic (exact) mass is 249 g/mol. The summed E-state index contributed by atoms with van der Waals surface area (Å²) in [5.74, 6) is 0.960. The minimum atomic E-state index is -0.433. The third kappa shape index (κ3) is 3.24. The number of hydrogen-bond donors (Lipinski definition) is 1. The molecule has 1 aromatic carbocycles. The molecule has 18 heavy (non-hydrogen) atoms. The van der Waals surface area contributed by atoms with Gasteiger partial charge < -0.3 is 9.84 Å². The highest BCUT2D eigenvalue weighted by Crippen LogP contribution is 2.25. The third-order valence-corrected chi connectivity index (χ3v) is 3.51. The van der Waals surface area contributed by atoms with E-state index >= 15 is 0 Å². The molecule has 0 spiro atoms. The zero-order chi connectivity index (χ0) is 13.0. The van der Waals surface area contributed by atoms with Crippen LogP contribution in [-0.2, 0) is 0 Å². The van der Waals surface area contributed by atoms with Crippen molar-refractivity contribution in [3.8, 4) is 5.75 Å². The Morgan fingerprint density at radius 3 is 2.72 bits per heavy atom. The molecule has 1 heterocycles. The number of nitrogens with zero attached hydrogens (tertiary/aromatic N) is 1. The summed E-state index contributed by atoms with van der Waals surface area (Å²) in [4.78, 5) is 2.24. The van der Waals surface area contributed by atoms with E-state index in [4.69, 9.17) is 4.74 Å². The van der Waals surface area contributed by atoms with Crippen molar-refractivity contribution in [1.29, 1.82) is 0 Å². The first-order valence-corrected chi connectivity index (χ1v) is 6.76. The van der Waals surface area contributed by atoms with E-state index in [2.05, 4.69) is 24.8 Å². The molecule has 1 aliphatic rings. The first-order chi connectivity index (χ1) is 8.63. The Kier molecular flexibility index (Phi) is 4.25. The van der Waals surface area contributed by atoms with Crippen molar-refractivity contribution in [2.45, 2.75) is 32.3 Å². The molecule has 0 radical (unpaired) electrons. The Morgan fingerprint density at radius 1 is 1.33 bits per heavy atom. The lowest BCUT2D eigenvalue weighted by atomic mass is 9.89. The van der Waals surface area contributed by atoms with Crippen molar-refractivity contribution in [3.63, 3.8) is 0 Å². The van der Waals surface area contributed by atoms with E-state index < -0.39 is 5.60 Å². The molecule has 1 fully saturated rings. The van der Waals surface area contributed by atoms with Gasteiger partial charge in [-0.05, 0) is 25.0 Å². The number of aliphatic hydroxyl groups is 1. The van der Waals surface area contributed by atoms with Crippen LogP contribution < -0.4 is 4.74 Å². The van der Waals surface area contributed by atoms with Gasteiger partial charge in [0, 0.05) is 19.6 Å². The van der Waals surface area contributed by atoms with Crippen LogP contribution in [0.25, 0.3) is 0 Å². The maximum absolute atomic E-state index is 10.1. The highest BCUT2D eigenvalue weighted by atomic mass is 16.5. The predicted octanol–water partition coefficient (Wildman–Crippen LogP) is 2.22. The summed E-state index contributed by atoms with van der Waals surface area (Å²) in [6, 6.07) is 8.06. The zero-order valence-electron chi connectivity index (χ0n) is 11.4. The summed E-state index contributed by atoms with van der Waals surface area (Å²) in [6.45, 7) is 7.32. The van der Waals surface area contributed by atoms with Crippen LogP contribution >= 0.6 is 0 Å². The molecule has 3 heteroatoms. The summed E-state index contributed by atoms with van der Waals surface area (Å²) in [7, 11) is 0. The van der Waals surface area contributed by atoms with E-state index in [0.29, 0.717) is 6.61 Å². The van der Waals surface area contributed by atoms with Gasteiger partial charge in [0.25, 0.3) is 0 Å². The number of β-amino-alcohol motifs (C(OH)–C–C–N with tert-alkyl or cyclic N) is 1. The molecule has 0 saturated carbocycles. The van der Waals surface area contributed by atoms with Crippen molar-refractivity contribution in [1.82, 2.24) is 4.90 Å². The Labute approximate surface area is 109 Å². The molecule has 2 rings (SSSR count). The summed E-state index contributed by atoms with van der Waals surface area (Å²) in [5.41, 5.74) is 0.737. The summed E-state index contributed by atoms with van der Waals surface area (Å²) < 4.78 is 5.75. The van der Waals surface area contributed by atoms with Crippen LogP contribution in [0.5, 0.6) is 5.75 Å². The SMILES string of the molecule is CCCC1(O)CN(CCOc2ccccc2C)C1. The van der Waals surface area contributed by atoms with E-state index in [1.54, 1.807) is 0 Å². The highest BCUT2D eigenvalue weighted by Gasteiger charge is 2.39. The predicted molar refractivity (Wildman–Crippen MR) is 73.0 cm³/mol. The highest BCUT2D eigenvalue weighted by molar-refractivity contribution is 5.31. The van der Waals surface area contributed by atoms with E-state index in [1.807, 2.05) is 18.2 Å². The number of benzene rings is 1. The van der Waals surface area contributed by atoms with E-state index in [9.17, 15) is 5.11 Å². The first-order valence-electron chi connectivity index (χ1n) is 6.76. The van der Waals surface area contributed by atoms with Crippen LogP contribution in [-0.4, -0.2) is 41.8 Å². The molecular formula is C15H23NO2. The molecule has 1 saturated heterocycles. The molecule has 0 bridgehead atoms. The largest absolute Gasteiger partial charge is 0.492 e. The van der Waals surface area contributed by atoms with Crippen molar-refractivity contribution >= 4 is 0 Å². The van der Waals surface area contributed by atoms with Crippen LogP contribution in [0.3, 0.4) is 0 Å². The Balaban J connectivity index is 1.68. The number of para-hydroxylation sites is 1. The standard InChI is InChI=1S/C15H23NO2/c1-3-8-15(17)11-16(12-15)9-10-18-14-7-5-4-6-13(14)2/h4-7,17H,3,8-12H2,1-2H3. The number of ether oxygens (including phenoxy) is 1. The van der Waals surface area contributed by atoms with Gasteiger partial charge in [0.15, 0.2) is 0 Å². The lowest BCUT2D eigenvalue weighted by molar-refractivity contribution is -0.105. The molecule has 1 N–H and O–H groups in total. The van der Waals surface area contributed by atoms with Crippen LogP contribution in [0, 0.1) is 6.92 Å². The average molecular weight is 249 g/mol. The molecule has 0 aliphatic carbocycles. The summed E-state index contributed by atoms with van der Waals surface area (Å²) in [5, 5.41) is 10.1. The van der Waals surface area contributed by atoms with Crippen molar-refractivity contribution in [2.75, 3.05) is 26.2 Å². The summed E-state index contributed by atoms with van der Waals surface area (Å²) >= 11 is 0. The smallest absolute Gasteiger partial charge is 0.122 e. The first kappa shape index (κ1) is 13.4. The van der Waals surface area contributed by atoms with Crippen LogP contribution in [0.2, 0.25) is 0 Å². The van der Waals surface area contributed by atoms with Gasteiger partial charge in [-0.3, -0.25) is 4.90 Å². The minimum absolute atomic E-state index is 0.433. The van der Waals surface area contributed by atoms with Crippen molar-refractivity contribution in [3.05, 3.63) is 29.8 Å². The van der Waals surface area contributed by atoms with Crippen LogP contribution in [0.4, 0.5) is 0 Å². The van der Waals surface area contributed by atoms with Gasteiger partial charge in [0.1, 0.15) is 12.4 Å². The van der Waals surface area contributed by atoms with Crippen molar-refractivity contribution < 1.29 is 9.84 Å². The molecule has 1 aliphatic heterocycles. The van der Waals surface area contributed by atoms with Gasteiger partial charge in [-0.2, -0.15) is 0 Å². The Bertz CT molecular complexity index is 386. The second kappa shape index (κ2) is 5.72. The number of hydrogen-bond acceptors (Lipinski definition) is 3. The van der Waals surface area contributed by atoms with Crippen LogP contribution in [0.1, 0.15) is 25.3 Å². The van der Waals surface area contributed by atoms with E-state index in [1.165, 1.54) is 5.56 Å². The zero-order valence-corrected chi connectivity index (χ0v) is 11.4. The minimum Gasteiger partial charge on any atom is -0.492 e. The normalized spacial score (nSPS) is 18.4. The third-order valence-electron chi connectivity index (χ3n) is 3.51. The molecule has 0 aromatic heterocycles. The maximum atomic E-state index is 10.1. The molecule has 0 unspecified atom stereocenters. The molecular weight excluding hydrogens is 226 g/mol. The van der Waals surface area contributed by atoms with E-state index in [-0.39, 0.29) is 0 Å². The Hall–Kier alpha value is -1.06. The maximum Gasteiger partial charge on any atom is 0.122 e. The molecule has 1 aromatic rings. The van der Waals surface area contributed by atoms with Gasteiger partial charge in [-0.15, -0.1) is 0 Å². The fraction of sp³-hybridized carbons (Fsp3) is 0.600. The molecule has 100 valence electrons. The van der Waals surface area contributed by atoms with Gasteiger partial charge in [-0.25, -0.2) is 0 Å². The fourth-order valence-corrected chi connectivity index (χ4v) is 2.57. The molecule has 0 amide bonds. The fourth-order valence-electron chi connectivity index (χ4n) is 2.57. The molecule has 3 nitrogen and oxygen atoms in total. The van der Waals surface area contributed by atoms with Gasteiger partial charge in [0.05, 0.1) is 5.60 Å². The lowest BCUT2D eigenvalue weighted by Gasteiger charge is -2.46. The number of likely N-dealkylation sites (tertiary alicyclic amines) is 1. The quantitative estimate of drug-likeness (QED) is 0.839. The number of aryl methyl sites for hydroxylation is 1. The molecule has 0 atom stereocenters. The van der Waals surface area contributed by atoms with Crippen molar-refractivity contribution in [2.24, 2.45) is 0 Å². The number of rotatable bonds is 6. The second-order valence-electron chi connectivity index (χ2n) is 5.30.